The van der Waals surface area contributed by atoms with E-state index in [-0.39, 0.29) is 12.3 Å². The number of aliphatic hydroxyl groups excluding tert-OH is 1. The molecule has 2 aromatic carbocycles. The largest absolute Gasteiger partial charge is 0.396 e. The van der Waals surface area contributed by atoms with Gasteiger partial charge >= 0.3 is 11.7 Å². The molecular weight excluding hydrogens is 305 g/mol. The molecule has 0 aromatic heterocycles. The van der Waals surface area contributed by atoms with Gasteiger partial charge in [-0.1, -0.05) is 12.1 Å². The molecule has 0 aliphatic carbocycles. The quantitative estimate of drug-likeness (QED) is 0.582. The van der Waals surface area contributed by atoms with Crippen molar-refractivity contribution in [2.45, 2.75) is 6.42 Å². The first kappa shape index (κ1) is 16.4. The van der Waals surface area contributed by atoms with Crippen molar-refractivity contribution in [2.75, 3.05) is 17.2 Å². The Morgan fingerprint density at radius 1 is 1.13 bits per heavy atom. The average molecular weight is 319 g/mol. The van der Waals surface area contributed by atoms with Crippen molar-refractivity contribution in [1.82, 2.24) is 0 Å². The fraction of sp³-hybridized carbons (Fsp3) is 0.133. The molecule has 120 valence electrons. The number of aliphatic hydroxyl groups is 1. The average Bonchev–Trinajstić information content (AvgIpc) is 2.51. The molecule has 0 unspecified atom stereocenters. The van der Waals surface area contributed by atoms with E-state index >= 15 is 0 Å². The van der Waals surface area contributed by atoms with Crippen LogP contribution in [0.1, 0.15) is 5.56 Å². The lowest BCUT2D eigenvalue weighted by Crippen LogP contribution is -2.19. The van der Waals surface area contributed by atoms with Gasteiger partial charge < -0.3 is 15.7 Å². The van der Waals surface area contributed by atoms with E-state index < -0.39 is 22.5 Å². The highest BCUT2D eigenvalue weighted by atomic mass is 19.1. The first-order valence-corrected chi connectivity index (χ1v) is 6.71. The molecule has 0 aliphatic rings. The van der Waals surface area contributed by atoms with Gasteiger partial charge in [0.05, 0.1) is 4.92 Å². The third-order valence-electron chi connectivity index (χ3n) is 3.01. The second-order valence-corrected chi connectivity index (χ2v) is 4.67. The number of anilines is 2. The number of rotatable bonds is 5. The molecule has 0 aliphatic heterocycles. The number of hydrogen-bond acceptors (Lipinski definition) is 4. The van der Waals surface area contributed by atoms with Crippen molar-refractivity contribution in [3.63, 3.8) is 0 Å². The second-order valence-electron chi connectivity index (χ2n) is 4.67. The maximum atomic E-state index is 13.2. The lowest BCUT2D eigenvalue weighted by atomic mass is 10.1. The van der Waals surface area contributed by atoms with Crippen LogP contribution >= 0.6 is 0 Å². The van der Waals surface area contributed by atoms with Gasteiger partial charge in [0.1, 0.15) is 0 Å². The van der Waals surface area contributed by atoms with Crippen LogP contribution in [0.15, 0.2) is 42.5 Å². The number of nitrogens with zero attached hydrogens (tertiary/aromatic N) is 1. The molecule has 8 heteroatoms. The number of carbonyl (C=O) groups excluding carboxylic acids is 1. The summed E-state index contributed by atoms with van der Waals surface area (Å²) in [5.41, 5.74) is 0.831. The first-order valence-electron chi connectivity index (χ1n) is 6.71. The third kappa shape index (κ3) is 4.48. The Hall–Kier alpha value is -3.00. The summed E-state index contributed by atoms with van der Waals surface area (Å²) in [6, 6.07) is 9.32. The summed E-state index contributed by atoms with van der Waals surface area (Å²) in [5, 5.41) is 24.4. The van der Waals surface area contributed by atoms with Gasteiger partial charge in [-0.25, -0.2) is 4.79 Å². The summed E-state index contributed by atoms with van der Waals surface area (Å²) in [6.07, 6.45) is 0.520. The molecule has 2 aromatic rings. The Morgan fingerprint density at radius 3 is 2.35 bits per heavy atom. The minimum atomic E-state index is -0.972. The van der Waals surface area contributed by atoms with Crippen LogP contribution in [0, 0.1) is 15.9 Å². The number of amides is 2. The molecular formula is C15H14FN3O4. The van der Waals surface area contributed by atoms with E-state index in [2.05, 4.69) is 10.6 Å². The topological polar surface area (TPSA) is 104 Å². The van der Waals surface area contributed by atoms with Crippen LogP contribution in [-0.4, -0.2) is 22.7 Å². The van der Waals surface area contributed by atoms with Crippen LogP contribution in [-0.2, 0) is 6.42 Å². The normalized spacial score (nSPS) is 10.2. The first-order chi connectivity index (χ1) is 11.0. The van der Waals surface area contributed by atoms with Crippen molar-refractivity contribution >= 4 is 23.1 Å². The second kappa shape index (κ2) is 7.32. The Morgan fingerprint density at radius 2 is 1.74 bits per heavy atom. The molecule has 0 fully saturated rings. The number of nitro benzene ring substituents is 1. The van der Waals surface area contributed by atoms with E-state index in [9.17, 15) is 19.3 Å². The minimum Gasteiger partial charge on any atom is -0.396 e. The van der Waals surface area contributed by atoms with Crippen molar-refractivity contribution < 1.29 is 19.2 Å². The van der Waals surface area contributed by atoms with Gasteiger partial charge in [-0.2, -0.15) is 4.39 Å². The van der Waals surface area contributed by atoms with Crippen molar-refractivity contribution in [3.05, 3.63) is 64.0 Å². The van der Waals surface area contributed by atoms with Crippen LogP contribution in [0.2, 0.25) is 0 Å². The highest BCUT2D eigenvalue weighted by Crippen LogP contribution is 2.21. The maximum absolute atomic E-state index is 13.2. The zero-order valence-corrected chi connectivity index (χ0v) is 12.0. The van der Waals surface area contributed by atoms with Crippen LogP contribution < -0.4 is 10.6 Å². The number of halogens is 1. The fourth-order valence-electron chi connectivity index (χ4n) is 1.91. The van der Waals surface area contributed by atoms with Gasteiger partial charge in [-0.15, -0.1) is 0 Å². The summed E-state index contributed by atoms with van der Waals surface area (Å²) in [6.45, 7) is 0.0383. The zero-order valence-electron chi connectivity index (χ0n) is 12.0. The maximum Gasteiger partial charge on any atom is 0.323 e. The van der Waals surface area contributed by atoms with Gasteiger partial charge in [0.2, 0.25) is 5.82 Å². The monoisotopic (exact) mass is 319 g/mol. The van der Waals surface area contributed by atoms with Gasteiger partial charge in [-0.3, -0.25) is 10.1 Å². The van der Waals surface area contributed by atoms with E-state index in [1.807, 2.05) is 0 Å². The molecule has 7 nitrogen and oxygen atoms in total. The van der Waals surface area contributed by atoms with E-state index in [0.29, 0.717) is 12.1 Å². The van der Waals surface area contributed by atoms with Crippen molar-refractivity contribution in [3.8, 4) is 0 Å². The smallest absolute Gasteiger partial charge is 0.323 e. The molecule has 0 atom stereocenters. The molecule has 0 saturated heterocycles. The Kier molecular flexibility index (Phi) is 5.21. The van der Waals surface area contributed by atoms with Crippen LogP contribution in [0.3, 0.4) is 0 Å². The molecule has 23 heavy (non-hydrogen) atoms. The van der Waals surface area contributed by atoms with Gasteiger partial charge in [0, 0.05) is 24.0 Å². The molecule has 0 saturated carbocycles. The molecule has 0 heterocycles. The molecule has 3 N–H and O–H groups in total. The van der Waals surface area contributed by atoms with E-state index in [1.54, 1.807) is 24.3 Å². The molecule has 2 amide bonds. The summed E-state index contributed by atoms with van der Waals surface area (Å²) < 4.78 is 13.2. The lowest BCUT2D eigenvalue weighted by Gasteiger charge is -2.08. The molecule has 0 bridgehead atoms. The summed E-state index contributed by atoms with van der Waals surface area (Å²) >= 11 is 0. The van der Waals surface area contributed by atoms with Crippen molar-refractivity contribution in [2.24, 2.45) is 0 Å². The van der Waals surface area contributed by atoms with Gasteiger partial charge in [0.15, 0.2) is 0 Å². The van der Waals surface area contributed by atoms with Crippen molar-refractivity contribution in [1.29, 1.82) is 0 Å². The van der Waals surface area contributed by atoms with E-state index in [0.717, 1.165) is 17.7 Å². The highest BCUT2D eigenvalue weighted by molar-refractivity contribution is 5.99. The standard InChI is InChI=1S/C15H14FN3O4/c16-13-6-5-12(9-14(13)19(22)23)18-15(21)17-11-3-1-10(2-4-11)7-8-20/h1-6,9,20H,7-8H2,(H2,17,18,21). The lowest BCUT2D eigenvalue weighted by molar-refractivity contribution is -0.387. The summed E-state index contributed by atoms with van der Waals surface area (Å²) in [4.78, 5) is 21.6. The van der Waals surface area contributed by atoms with E-state index in [1.165, 1.54) is 6.07 Å². The van der Waals surface area contributed by atoms with Crippen LogP contribution in [0.4, 0.5) is 26.2 Å². The minimum absolute atomic E-state index is 0.0383. The summed E-state index contributed by atoms with van der Waals surface area (Å²) in [7, 11) is 0. The zero-order chi connectivity index (χ0) is 16.8. The highest BCUT2D eigenvalue weighted by Gasteiger charge is 2.15. The third-order valence-corrected chi connectivity index (χ3v) is 3.01. The number of hydrogen-bond donors (Lipinski definition) is 3. The SMILES string of the molecule is O=C(Nc1ccc(CCO)cc1)Nc1ccc(F)c([N+](=O)[O-])c1. The Balaban J connectivity index is 2.02. The number of benzene rings is 2. The molecule has 0 radical (unpaired) electrons. The van der Waals surface area contributed by atoms with Gasteiger partial charge in [-0.05, 0) is 36.2 Å². The number of nitro groups is 1. The predicted molar refractivity (Wildman–Crippen MR) is 82.9 cm³/mol. The van der Waals surface area contributed by atoms with E-state index in [4.69, 9.17) is 5.11 Å². The number of urea groups is 1. The molecule has 0 spiro atoms. The molecule has 2 rings (SSSR count). The summed E-state index contributed by atoms with van der Waals surface area (Å²) in [5.74, 6) is -0.972. The van der Waals surface area contributed by atoms with Gasteiger partial charge in [0.25, 0.3) is 0 Å². The van der Waals surface area contributed by atoms with Crippen LogP contribution in [0.25, 0.3) is 0 Å². The number of nitrogens with one attached hydrogen (secondary N) is 2. The van der Waals surface area contributed by atoms with Crippen LogP contribution in [0.5, 0.6) is 0 Å². The predicted octanol–water partition coefficient (Wildman–Crippen LogP) is 2.91. The Labute approximate surface area is 130 Å². The fourth-order valence-corrected chi connectivity index (χ4v) is 1.91. The number of carbonyl (C=O) groups is 1. The Bertz CT molecular complexity index is 719.